The molecule has 0 radical (unpaired) electrons. The Kier molecular flexibility index (Phi) is 3.50. The van der Waals surface area contributed by atoms with E-state index in [2.05, 4.69) is 52.9 Å². The topological polar surface area (TPSA) is 77.2 Å². The first-order valence-electron chi connectivity index (χ1n) is 1.79. The molecule has 0 heterocycles. The summed E-state index contributed by atoms with van der Waals surface area (Å²) in [5.41, 5.74) is 0. The highest BCUT2D eigenvalue weighted by molar-refractivity contribution is 9.40. The van der Waals surface area contributed by atoms with Gasteiger partial charge in [0.05, 0.1) is 0 Å². The lowest BCUT2D eigenvalue weighted by atomic mass is 10.9. The number of primary sulfonamides is 1. The number of rotatable bonds is 0. The van der Waals surface area contributed by atoms with Crippen LogP contribution in [-0.4, -0.2) is 15.7 Å². The number of carbonyl (C=O) groups excluding carboxylic acids is 1. The van der Waals surface area contributed by atoms with Crippen LogP contribution in [0.15, 0.2) is 0 Å². The van der Waals surface area contributed by atoms with Crippen molar-refractivity contribution >= 4 is 62.9 Å². The van der Waals surface area contributed by atoms with E-state index in [-0.39, 0.29) is 0 Å². The Morgan fingerprint density at radius 1 is 1.30 bits per heavy atom. The van der Waals surface area contributed by atoms with Crippen molar-refractivity contribution in [1.82, 2.24) is 0 Å². The molecule has 0 aliphatic carbocycles. The lowest BCUT2D eigenvalue weighted by Gasteiger charge is -2.06. The van der Waals surface area contributed by atoms with E-state index in [9.17, 15) is 13.2 Å². The predicted molar refractivity (Wildman–Crippen MR) is 47.6 cm³/mol. The Labute approximate surface area is 83.0 Å². The van der Waals surface area contributed by atoms with Crippen LogP contribution in [0.1, 0.15) is 0 Å². The van der Waals surface area contributed by atoms with Gasteiger partial charge < -0.3 is 0 Å². The molecule has 0 saturated carbocycles. The van der Waals surface area contributed by atoms with Gasteiger partial charge in [0.25, 0.3) is 15.1 Å². The summed E-state index contributed by atoms with van der Waals surface area (Å²) < 4.78 is 19.2. The minimum absolute atomic E-state index is 1.18. The van der Waals surface area contributed by atoms with Gasteiger partial charge in [0.1, 0.15) is 0 Å². The number of carbonyl (C=O) groups is 1. The zero-order valence-electron chi connectivity index (χ0n) is 4.34. The zero-order chi connectivity index (χ0) is 8.58. The molecule has 0 spiro atoms. The average Bonchev–Trinajstić information content (AvgIpc) is 1.59. The number of hydrogen-bond donors (Lipinski definition) is 1. The first-order chi connectivity index (χ1) is 4.15. The van der Waals surface area contributed by atoms with E-state index in [1.807, 2.05) is 0 Å². The second-order valence-electron chi connectivity index (χ2n) is 1.33. The number of sulfonamides is 1. The van der Waals surface area contributed by atoms with Crippen molar-refractivity contribution in [2.24, 2.45) is 5.14 Å². The van der Waals surface area contributed by atoms with Gasteiger partial charge in [-0.1, -0.05) is 47.8 Å². The fourth-order valence-electron chi connectivity index (χ4n) is 0.161. The largest absolute Gasteiger partial charge is 0.299 e. The average molecular weight is 360 g/mol. The molecule has 0 unspecified atom stereocenters. The second-order valence-corrected chi connectivity index (χ2v) is 9.55. The molecule has 4 nitrogen and oxygen atoms in total. The minimum Gasteiger partial charge on any atom is -0.277 e. The molecular weight excluding hydrogens is 358 g/mol. The molecule has 0 aliphatic rings. The lowest BCUT2D eigenvalue weighted by molar-refractivity contribution is -0.110. The van der Waals surface area contributed by atoms with E-state index in [0.717, 1.165) is 0 Å². The summed E-state index contributed by atoms with van der Waals surface area (Å²) >= 11 is 8.11. The van der Waals surface area contributed by atoms with Crippen LogP contribution in [0.25, 0.3) is 0 Å². The second kappa shape index (κ2) is 3.18. The minimum atomic E-state index is -4.14. The fourth-order valence-corrected chi connectivity index (χ4v) is 2.51. The maximum atomic E-state index is 10.6. The molecule has 0 fully saturated rings. The highest BCUT2D eigenvalue weighted by atomic mass is 80.0. The van der Waals surface area contributed by atoms with Gasteiger partial charge in [-0.25, -0.2) is 13.6 Å². The van der Waals surface area contributed by atoms with Crippen molar-refractivity contribution in [3.8, 4) is 0 Å². The van der Waals surface area contributed by atoms with Crippen molar-refractivity contribution in [1.29, 1.82) is 0 Å². The first-order valence-corrected chi connectivity index (χ1v) is 5.72. The van der Waals surface area contributed by atoms with Gasteiger partial charge in [0.2, 0.25) is 2.14 Å². The fraction of sp³-hybridized carbons (Fsp3) is 0.500. The van der Waals surface area contributed by atoms with E-state index >= 15 is 0 Å². The molecule has 60 valence electrons. The predicted octanol–water partition coefficient (Wildman–Crippen LogP) is 0.640. The van der Waals surface area contributed by atoms with Gasteiger partial charge in [0, 0.05) is 0 Å². The Bertz CT molecular complexity index is 239. The van der Waals surface area contributed by atoms with Crippen LogP contribution in [0.4, 0.5) is 0 Å². The summed E-state index contributed by atoms with van der Waals surface area (Å²) in [5, 5.41) is 3.32. The number of nitrogens with two attached hydrogens (primary N) is 1. The van der Waals surface area contributed by atoms with E-state index in [4.69, 9.17) is 0 Å². The molecule has 8 heteroatoms. The van der Waals surface area contributed by atoms with E-state index in [1.54, 1.807) is 0 Å². The van der Waals surface area contributed by atoms with Crippen molar-refractivity contribution < 1.29 is 13.2 Å². The lowest BCUT2D eigenvalue weighted by Crippen LogP contribution is -2.32. The molecule has 10 heavy (non-hydrogen) atoms. The smallest absolute Gasteiger partial charge is 0.277 e. The molecule has 0 rings (SSSR count). The van der Waals surface area contributed by atoms with Crippen molar-refractivity contribution in [2.75, 3.05) is 0 Å². The van der Waals surface area contributed by atoms with Gasteiger partial charge in [-0.3, -0.25) is 4.79 Å². The summed E-state index contributed by atoms with van der Waals surface area (Å²) in [6.07, 6.45) is 0. The molecule has 2 N–H and O–H groups in total. The molecule has 0 saturated heterocycles. The zero-order valence-corrected chi connectivity index (χ0v) is 9.92. The summed E-state index contributed by atoms with van der Waals surface area (Å²) in [6.45, 7) is 0. The monoisotopic (exact) mass is 357 g/mol. The van der Waals surface area contributed by atoms with Crippen LogP contribution in [0, 0.1) is 0 Å². The Morgan fingerprint density at radius 2 is 1.60 bits per heavy atom. The summed E-state index contributed by atoms with van der Waals surface area (Å²) in [6, 6.07) is 0. The van der Waals surface area contributed by atoms with Crippen LogP contribution in [0.5, 0.6) is 0 Å². The van der Waals surface area contributed by atoms with Crippen molar-refractivity contribution in [3.05, 3.63) is 0 Å². The molecule has 0 aromatic carbocycles. The van der Waals surface area contributed by atoms with Gasteiger partial charge in [-0.05, 0) is 0 Å². The molecular formula is C2H2Br3NO3S. The number of halogens is 3. The van der Waals surface area contributed by atoms with E-state index in [1.165, 1.54) is 0 Å². The molecule has 0 amide bonds. The normalized spacial score (nSPS) is 13.2. The van der Waals surface area contributed by atoms with Gasteiger partial charge in [0.15, 0.2) is 0 Å². The summed E-state index contributed by atoms with van der Waals surface area (Å²) in [5.74, 6) is 0. The van der Waals surface area contributed by atoms with Crippen LogP contribution >= 0.6 is 47.8 Å². The van der Waals surface area contributed by atoms with E-state index < -0.39 is 17.3 Å². The number of alkyl halides is 3. The van der Waals surface area contributed by atoms with Crippen molar-refractivity contribution in [3.63, 3.8) is 0 Å². The maximum Gasteiger partial charge on any atom is 0.299 e. The highest BCUT2D eigenvalue weighted by Crippen LogP contribution is 2.35. The molecule has 0 atom stereocenters. The Morgan fingerprint density at radius 3 is 1.60 bits per heavy atom. The third-order valence-corrected chi connectivity index (χ3v) is 3.18. The van der Waals surface area contributed by atoms with Gasteiger partial charge in [-0.15, -0.1) is 0 Å². The summed E-state index contributed by atoms with van der Waals surface area (Å²) in [7, 11) is -4.14. The van der Waals surface area contributed by atoms with Crippen LogP contribution in [0.2, 0.25) is 0 Å². The highest BCUT2D eigenvalue weighted by Gasteiger charge is 2.36. The third kappa shape index (κ3) is 3.42. The third-order valence-electron chi connectivity index (χ3n) is 0.490. The van der Waals surface area contributed by atoms with Crippen LogP contribution in [0.3, 0.4) is 0 Å². The van der Waals surface area contributed by atoms with E-state index in [0.29, 0.717) is 0 Å². The Hall–Kier alpha value is 1.02. The summed E-state index contributed by atoms with van der Waals surface area (Å²) in [4.78, 5) is 10.6. The van der Waals surface area contributed by atoms with Gasteiger partial charge >= 0.3 is 0 Å². The number of hydrogen-bond acceptors (Lipinski definition) is 3. The quantitative estimate of drug-likeness (QED) is 0.645. The van der Waals surface area contributed by atoms with Crippen LogP contribution in [-0.2, 0) is 14.8 Å². The van der Waals surface area contributed by atoms with Crippen molar-refractivity contribution in [2.45, 2.75) is 2.14 Å². The molecule has 0 aliphatic heterocycles. The molecule has 0 aromatic heterocycles. The first kappa shape index (κ1) is 11.0. The molecule has 0 bridgehead atoms. The standard InChI is InChI=1S/C2H2Br3NO3S/c3-2(4,5)1(7)10(6,8)9/h(H2,6,8,9). The SMILES string of the molecule is NS(=O)(=O)C(=O)C(Br)(Br)Br. The Balaban J connectivity index is 4.75. The molecule has 0 aromatic rings. The van der Waals surface area contributed by atoms with Gasteiger partial charge in [-0.2, -0.15) is 0 Å². The van der Waals surface area contributed by atoms with Crippen LogP contribution < -0.4 is 5.14 Å². The maximum absolute atomic E-state index is 10.6.